The van der Waals surface area contributed by atoms with Crippen molar-refractivity contribution < 1.29 is 45.0 Å². The molecule has 0 spiro atoms. The van der Waals surface area contributed by atoms with Crippen molar-refractivity contribution in [3.63, 3.8) is 0 Å². The third-order valence-electron chi connectivity index (χ3n) is 5.52. The molecule has 0 aliphatic carbocycles. The predicted molar refractivity (Wildman–Crippen MR) is 102 cm³/mol. The van der Waals surface area contributed by atoms with E-state index in [2.05, 4.69) is 15.3 Å². The maximum absolute atomic E-state index is 14.8. The van der Waals surface area contributed by atoms with Crippen molar-refractivity contribution in [1.29, 1.82) is 0 Å². The van der Waals surface area contributed by atoms with Gasteiger partial charge in [0.1, 0.15) is 17.1 Å². The van der Waals surface area contributed by atoms with Gasteiger partial charge in [-0.1, -0.05) is 0 Å². The first kappa shape index (κ1) is 23.7. The van der Waals surface area contributed by atoms with Crippen LogP contribution in [0.15, 0.2) is 41.5 Å². The van der Waals surface area contributed by atoms with Crippen LogP contribution in [-0.4, -0.2) is 42.4 Å². The Bertz CT molecular complexity index is 1130. The minimum absolute atomic E-state index is 0.0630. The lowest BCUT2D eigenvalue weighted by Crippen LogP contribution is -2.48. The van der Waals surface area contributed by atoms with E-state index in [1.54, 1.807) is 0 Å². The smallest absolute Gasteiger partial charge is 0.417 e. The molecule has 3 atom stereocenters. The number of nitrogens with zero attached hydrogens (tertiary/aromatic N) is 2. The van der Waals surface area contributed by atoms with Crippen LogP contribution in [0.5, 0.6) is 0 Å². The summed E-state index contributed by atoms with van der Waals surface area (Å²) in [5.74, 6) is -3.32. The second kappa shape index (κ2) is 8.11. The Morgan fingerprint density at radius 1 is 1.15 bits per heavy atom. The Morgan fingerprint density at radius 2 is 1.88 bits per heavy atom. The van der Waals surface area contributed by atoms with Crippen LogP contribution < -0.4 is 11.1 Å². The van der Waals surface area contributed by atoms with Crippen molar-refractivity contribution in [2.75, 3.05) is 18.5 Å². The maximum Gasteiger partial charge on any atom is 0.417 e. The van der Waals surface area contributed by atoms with Crippen LogP contribution in [0.4, 0.5) is 36.4 Å². The van der Waals surface area contributed by atoms with Gasteiger partial charge in [0.15, 0.2) is 6.10 Å². The number of amidine groups is 1. The number of anilines is 1. The molecule has 4 rings (SSSR count). The maximum atomic E-state index is 14.8. The first-order chi connectivity index (χ1) is 15.8. The topological polar surface area (TPSA) is 98.8 Å². The fourth-order valence-electron chi connectivity index (χ4n) is 3.92. The van der Waals surface area contributed by atoms with E-state index in [4.69, 9.17) is 15.2 Å². The lowest BCUT2D eigenvalue weighted by molar-refractivity contribution is -0.219. The van der Waals surface area contributed by atoms with E-state index in [9.17, 15) is 35.5 Å². The standard InChI is InChI=1S/C20H15F7N4O3/c21-13-3-2-10(30-16(32)14-4-1-9(6-29-14)19(22,23)24)5-11(13)18-8-34-15(20(25,26)27)12(18)7-33-17(28)31-18/h1-6,12,15H,7-8H2,(H2,28,31)(H,30,32)/t12?,15-,18?/m0/s1. The third-order valence-corrected chi connectivity index (χ3v) is 5.52. The van der Waals surface area contributed by atoms with Crippen LogP contribution in [0.25, 0.3) is 0 Å². The average molecular weight is 492 g/mol. The molecule has 0 radical (unpaired) electrons. The molecule has 1 aromatic heterocycles. The number of alkyl halides is 6. The van der Waals surface area contributed by atoms with Gasteiger partial charge in [-0.3, -0.25) is 9.78 Å². The van der Waals surface area contributed by atoms with Crippen molar-refractivity contribution >= 4 is 17.6 Å². The molecule has 0 bridgehead atoms. The first-order valence-electron chi connectivity index (χ1n) is 9.62. The zero-order chi connectivity index (χ0) is 24.9. The van der Waals surface area contributed by atoms with Gasteiger partial charge in [0.2, 0.25) is 0 Å². The molecule has 1 fully saturated rings. The molecular weight excluding hydrogens is 477 g/mol. The molecule has 182 valence electrons. The Kier molecular flexibility index (Phi) is 5.66. The van der Waals surface area contributed by atoms with E-state index in [0.717, 1.165) is 24.3 Å². The fraction of sp³-hybridized carbons (Fsp3) is 0.350. The molecule has 2 aliphatic rings. The van der Waals surface area contributed by atoms with E-state index in [1.165, 1.54) is 0 Å². The van der Waals surface area contributed by atoms with Crippen molar-refractivity contribution in [1.82, 2.24) is 4.98 Å². The molecule has 2 aromatic rings. The molecule has 2 unspecified atom stereocenters. The molecule has 7 nitrogen and oxygen atoms in total. The van der Waals surface area contributed by atoms with Gasteiger partial charge in [-0.25, -0.2) is 9.38 Å². The molecule has 1 amide bonds. The highest BCUT2D eigenvalue weighted by molar-refractivity contribution is 6.02. The number of hydrogen-bond acceptors (Lipinski definition) is 6. The minimum atomic E-state index is -4.78. The van der Waals surface area contributed by atoms with Crippen molar-refractivity contribution in [2.24, 2.45) is 16.6 Å². The summed E-state index contributed by atoms with van der Waals surface area (Å²) in [6.07, 6.45) is -11.2. The third kappa shape index (κ3) is 4.24. The van der Waals surface area contributed by atoms with Gasteiger partial charge in [0.05, 0.1) is 24.7 Å². The SMILES string of the molecule is NC1=NC2(c3cc(NC(=O)c4ccc(C(F)(F)F)cn4)ccc3F)CO[C@H](C(F)(F)F)C2CO1. The van der Waals surface area contributed by atoms with E-state index in [1.807, 2.05) is 0 Å². The fourth-order valence-corrected chi connectivity index (χ4v) is 3.92. The Morgan fingerprint density at radius 3 is 2.50 bits per heavy atom. The van der Waals surface area contributed by atoms with E-state index < -0.39 is 66.4 Å². The van der Waals surface area contributed by atoms with E-state index >= 15 is 0 Å². The van der Waals surface area contributed by atoms with Gasteiger partial charge in [-0.2, -0.15) is 26.3 Å². The van der Waals surface area contributed by atoms with Gasteiger partial charge >= 0.3 is 12.4 Å². The van der Waals surface area contributed by atoms with Crippen LogP contribution in [0.2, 0.25) is 0 Å². The number of benzene rings is 1. The number of fused-ring (bicyclic) bond motifs is 1. The summed E-state index contributed by atoms with van der Waals surface area (Å²) in [6.45, 7) is -1.19. The lowest BCUT2D eigenvalue weighted by atomic mass is 9.77. The van der Waals surface area contributed by atoms with Gasteiger partial charge < -0.3 is 20.5 Å². The molecule has 2 aliphatic heterocycles. The zero-order valence-corrected chi connectivity index (χ0v) is 16.9. The monoisotopic (exact) mass is 492 g/mol. The largest absolute Gasteiger partial charge is 0.465 e. The van der Waals surface area contributed by atoms with Crippen LogP contribution in [0.1, 0.15) is 21.6 Å². The highest BCUT2D eigenvalue weighted by Crippen LogP contribution is 2.50. The van der Waals surface area contributed by atoms with Gasteiger partial charge in [0.25, 0.3) is 11.9 Å². The number of amides is 1. The van der Waals surface area contributed by atoms with E-state index in [0.29, 0.717) is 12.3 Å². The average Bonchev–Trinajstić information content (AvgIpc) is 3.14. The number of ether oxygens (including phenoxy) is 2. The number of carbonyl (C=O) groups is 1. The van der Waals surface area contributed by atoms with Gasteiger partial charge in [0, 0.05) is 17.4 Å². The number of rotatable bonds is 3. The number of nitrogens with one attached hydrogen (secondary N) is 1. The molecule has 14 heteroatoms. The Hall–Kier alpha value is -3.42. The summed E-state index contributed by atoms with van der Waals surface area (Å²) in [5.41, 5.74) is 1.87. The molecule has 0 saturated carbocycles. The number of aliphatic imine (C=N–C) groups is 1. The minimum Gasteiger partial charge on any atom is -0.465 e. The predicted octanol–water partition coefficient (Wildman–Crippen LogP) is 3.61. The molecule has 3 N–H and O–H groups in total. The number of halogens is 7. The lowest BCUT2D eigenvalue weighted by Gasteiger charge is -2.36. The zero-order valence-electron chi connectivity index (χ0n) is 16.9. The van der Waals surface area contributed by atoms with Crippen molar-refractivity contribution in [3.8, 4) is 0 Å². The van der Waals surface area contributed by atoms with Crippen LogP contribution >= 0.6 is 0 Å². The highest BCUT2D eigenvalue weighted by atomic mass is 19.4. The summed E-state index contributed by atoms with van der Waals surface area (Å²) in [7, 11) is 0. The van der Waals surface area contributed by atoms with Crippen molar-refractivity contribution in [3.05, 3.63) is 59.2 Å². The van der Waals surface area contributed by atoms with Crippen LogP contribution in [0, 0.1) is 11.7 Å². The molecule has 1 aromatic carbocycles. The molecule has 34 heavy (non-hydrogen) atoms. The highest BCUT2D eigenvalue weighted by Gasteiger charge is 2.62. The first-order valence-corrected chi connectivity index (χ1v) is 9.62. The summed E-state index contributed by atoms with van der Waals surface area (Å²) in [4.78, 5) is 19.8. The quantitative estimate of drug-likeness (QED) is 0.638. The Labute approximate surface area is 186 Å². The van der Waals surface area contributed by atoms with Crippen LogP contribution in [0.3, 0.4) is 0 Å². The summed E-state index contributed by atoms with van der Waals surface area (Å²) >= 11 is 0. The Balaban J connectivity index is 1.66. The van der Waals surface area contributed by atoms with Gasteiger partial charge in [-0.15, -0.1) is 0 Å². The second-order valence-corrected chi connectivity index (χ2v) is 7.64. The number of pyridine rings is 1. The summed E-state index contributed by atoms with van der Waals surface area (Å²) in [6, 6.07) is 4.14. The molecule has 3 heterocycles. The normalized spacial score (nSPS) is 24.7. The van der Waals surface area contributed by atoms with Gasteiger partial charge in [-0.05, 0) is 30.3 Å². The number of nitrogens with two attached hydrogens (primary N) is 1. The second-order valence-electron chi connectivity index (χ2n) is 7.64. The van der Waals surface area contributed by atoms with E-state index in [-0.39, 0.29) is 16.9 Å². The summed E-state index contributed by atoms with van der Waals surface area (Å²) < 4.78 is 103. The number of hydrogen-bond donors (Lipinski definition) is 2. The number of aromatic nitrogens is 1. The van der Waals surface area contributed by atoms with Crippen LogP contribution in [-0.2, 0) is 21.2 Å². The molecular formula is C20H15F7N4O3. The van der Waals surface area contributed by atoms with Crippen molar-refractivity contribution in [2.45, 2.75) is 24.0 Å². The molecule has 1 saturated heterocycles. The summed E-state index contributed by atoms with van der Waals surface area (Å²) in [5, 5.41) is 2.33. The number of carbonyl (C=O) groups excluding carboxylic acids is 1.